The van der Waals surface area contributed by atoms with Crippen molar-refractivity contribution in [2.45, 2.75) is 63.1 Å². The molecule has 19 heavy (non-hydrogen) atoms. The molecule has 5 nitrogen and oxygen atoms in total. The third kappa shape index (κ3) is 4.16. The van der Waals surface area contributed by atoms with Gasteiger partial charge < -0.3 is 14.6 Å². The van der Waals surface area contributed by atoms with Crippen LogP contribution in [0.25, 0.3) is 0 Å². The van der Waals surface area contributed by atoms with Gasteiger partial charge in [-0.25, -0.2) is 0 Å². The lowest BCUT2D eigenvalue weighted by Gasteiger charge is -2.26. The van der Waals surface area contributed by atoms with Crippen LogP contribution in [-0.4, -0.2) is 48.6 Å². The maximum Gasteiger partial charge on any atom is 0.324 e. The highest BCUT2D eigenvalue weighted by atomic mass is 16.5. The molecule has 110 valence electrons. The minimum atomic E-state index is -0.754. The molecule has 2 atom stereocenters. The van der Waals surface area contributed by atoms with E-state index in [1.165, 1.54) is 0 Å². The Labute approximate surface area is 114 Å². The molecule has 0 radical (unpaired) electrons. The quantitative estimate of drug-likeness (QED) is 0.623. The molecule has 0 heterocycles. The minimum absolute atomic E-state index is 0.0487. The van der Waals surface area contributed by atoms with E-state index < -0.39 is 11.5 Å². The second-order valence-corrected chi connectivity index (χ2v) is 5.65. The van der Waals surface area contributed by atoms with E-state index in [9.17, 15) is 9.90 Å². The largest absolute Gasteiger partial charge is 0.480 e. The first-order valence-corrected chi connectivity index (χ1v) is 7.37. The Balaban J connectivity index is 1.71. The van der Waals surface area contributed by atoms with Crippen molar-refractivity contribution in [1.82, 2.24) is 5.32 Å². The Hall–Kier alpha value is -0.650. The standard InChI is InChI=1S/C14H25NO4/c1-2-7-18-8-9-19-12-5-6-14(10-12,13(16)17)15-11-3-4-11/h11-12,15H,2-10H2,1H3,(H,16,17). The summed E-state index contributed by atoms with van der Waals surface area (Å²) in [6, 6.07) is 0.405. The summed E-state index contributed by atoms with van der Waals surface area (Å²) in [6.07, 6.45) is 5.33. The Kier molecular flexibility index (Phi) is 5.19. The first-order valence-electron chi connectivity index (χ1n) is 7.37. The van der Waals surface area contributed by atoms with E-state index in [1.807, 2.05) is 0 Å². The van der Waals surface area contributed by atoms with Crippen molar-refractivity contribution >= 4 is 5.97 Å². The number of aliphatic carboxylic acids is 1. The molecule has 0 spiro atoms. The van der Waals surface area contributed by atoms with E-state index >= 15 is 0 Å². The maximum absolute atomic E-state index is 11.5. The molecule has 2 unspecified atom stereocenters. The second-order valence-electron chi connectivity index (χ2n) is 5.65. The van der Waals surface area contributed by atoms with E-state index in [0.717, 1.165) is 32.3 Å². The number of nitrogens with one attached hydrogen (secondary N) is 1. The number of carboxylic acid groups (broad SMARTS) is 1. The molecule has 2 rings (SSSR count). The van der Waals surface area contributed by atoms with Gasteiger partial charge in [-0.15, -0.1) is 0 Å². The Morgan fingerprint density at radius 3 is 2.74 bits per heavy atom. The molecule has 2 fully saturated rings. The minimum Gasteiger partial charge on any atom is -0.480 e. The van der Waals surface area contributed by atoms with E-state index in [1.54, 1.807) is 0 Å². The molecule has 0 aromatic heterocycles. The summed E-state index contributed by atoms with van der Waals surface area (Å²) < 4.78 is 11.1. The van der Waals surface area contributed by atoms with Gasteiger partial charge in [-0.3, -0.25) is 10.1 Å². The van der Waals surface area contributed by atoms with E-state index in [0.29, 0.717) is 32.1 Å². The smallest absolute Gasteiger partial charge is 0.324 e. The number of carbonyl (C=O) groups is 1. The third-order valence-electron chi connectivity index (χ3n) is 3.87. The summed E-state index contributed by atoms with van der Waals surface area (Å²) in [5, 5.41) is 12.8. The molecule has 0 amide bonds. The molecule has 0 aromatic rings. The number of carboxylic acids is 1. The van der Waals surface area contributed by atoms with E-state index in [2.05, 4.69) is 12.2 Å². The van der Waals surface area contributed by atoms with Gasteiger partial charge in [0.25, 0.3) is 0 Å². The summed E-state index contributed by atoms with van der Waals surface area (Å²) in [5.41, 5.74) is -0.754. The van der Waals surface area contributed by atoms with Gasteiger partial charge >= 0.3 is 5.97 Å². The van der Waals surface area contributed by atoms with Crippen LogP contribution in [0.5, 0.6) is 0 Å². The van der Waals surface area contributed by atoms with Gasteiger partial charge in [-0.1, -0.05) is 6.92 Å². The summed E-state index contributed by atoms with van der Waals surface area (Å²) in [7, 11) is 0. The van der Waals surface area contributed by atoms with Gasteiger partial charge in [-0.2, -0.15) is 0 Å². The lowest BCUT2D eigenvalue weighted by molar-refractivity contribution is -0.145. The van der Waals surface area contributed by atoms with Crippen LogP contribution in [0.3, 0.4) is 0 Å². The highest BCUT2D eigenvalue weighted by Crippen LogP contribution is 2.35. The van der Waals surface area contributed by atoms with Gasteiger partial charge in [0, 0.05) is 19.1 Å². The number of hydrogen-bond acceptors (Lipinski definition) is 4. The number of ether oxygens (including phenoxy) is 2. The Morgan fingerprint density at radius 2 is 2.11 bits per heavy atom. The van der Waals surface area contributed by atoms with E-state index in [4.69, 9.17) is 9.47 Å². The first kappa shape index (κ1) is 14.8. The van der Waals surface area contributed by atoms with Crippen LogP contribution in [-0.2, 0) is 14.3 Å². The maximum atomic E-state index is 11.5. The van der Waals surface area contributed by atoms with Crippen molar-refractivity contribution < 1.29 is 19.4 Å². The molecular weight excluding hydrogens is 246 g/mol. The second kappa shape index (κ2) is 6.68. The fourth-order valence-corrected chi connectivity index (χ4v) is 2.67. The van der Waals surface area contributed by atoms with Crippen molar-refractivity contribution in [3.8, 4) is 0 Å². The molecule has 0 aromatic carbocycles. The molecule has 2 aliphatic rings. The normalized spacial score (nSPS) is 30.7. The zero-order chi connectivity index (χ0) is 13.7. The van der Waals surface area contributed by atoms with E-state index in [-0.39, 0.29) is 6.10 Å². The SMILES string of the molecule is CCCOCCOC1CCC(NC2CC2)(C(=O)O)C1. The van der Waals surface area contributed by atoms with Gasteiger partial charge in [0.05, 0.1) is 19.3 Å². The third-order valence-corrected chi connectivity index (χ3v) is 3.87. The summed E-state index contributed by atoms with van der Waals surface area (Å²) >= 11 is 0. The summed E-state index contributed by atoms with van der Waals surface area (Å²) in [4.78, 5) is 11.5. The topological polar surface area (TPSA) is 67.8 Å². The monoisotopic (exact) mass is 271 g/mol. The molecule has 0 aliphatic heterocycles. The van der Waals surface area contributed by atoms with Crippen LogP contribution < -0.4 is 5.32 Å². The fourth-order valence-electron chi connectivity index (χ4n) is 2.67. The van der Waals surface area contributed by atoms with Crippen LogP contribution in [0.1, 0.15) is 45.4 Å². The Bertz CT molecular complexity index is 306. The molecule has 0 saturated heterocycles. The lowest BCUT2D eigenvalue weighted by atomic mass is 9.97. The van der Waals surface area contributed by atoms with Crippen molar-refractivity contribution in [3.05, 3.63) is 0 Å². The van der Waals surface area contributed by atoms with Crippen LogP contribution >= 0.6 is 0 Å². The highest BCUT2D eigenvalue weighted by Gasteiger charge is 2.48. The lowest BCUT2D eigenvalue weighted by Crippen LogP contribution is -2.51. The van der Waals surface area contributed by atoms with Crippen molar-refractivity contribution in [2.75, 3.05) is 19.8 Å². The molecular formula is C14H25NO4. The van der Waals surface area contributed by atoms with Crippen LogP contribution in [0.4, 0.5) is 0 Å². The van der Waals surface area contributed by atoms with Gasteiger partial charge in [0.1, 0.15) is 5.54 Å². The average molecular weight is 271 g/mol. The Morgan fingerprint density at radius 1 is 1.32 bits per heavy atom. The summed E-state index contributed by atoms with van der Waals surface area (Å²) in [5.74, 6) is -0.729. The van der Waals surface area contributed by atoms with Gasteiger partial charge in [0.15, 0.2) is 0 Å². The molecule has 0 bridgehead atoms. The molecule has 2 aliphatic carbocycles. The van der Waals surface area contributed by atoms with Crippen LogP contribution in [0.2, 0.25) is 0 Å². The van der Waals surface area contributed by atoms with Crippen LogP contribution in [0, 0.1) is 0 Å². The predicted octanol–water partition coefficient (Wildman–Crippen LogP) is 1.56. The first-order chi connectivity index (χ1) is 9.16. The molecule has 5 heteroatoms. The number of rotatable bonds is 9. The summed E-state index contributed by atoms with van der Waals surface area (Å²) in [6.45, 7) is 3.99. The average Bonchev–Trinajstić information content (AvgIpc) is 3.08. The predicted molar refractivity (Wildman–Crippen MR) is 71.2 cm³/mol. The van der Waals surface area contributed by atoms with Crippen molar-refractivity contribution in [1.29, 1.82) is 0 Å². The van der Waals surface area contributed by atoms with Gasteiger partial charge in [0.2, 0.25) is 0 Å². The van der Waals surface area contributed by atoms with Crippen LogP contribution in [0.15, 0.2) is 0 Å². The highest BCUT2D eigenvalue weighted by molar-refractivity contribution is 5.79. The van der Waals surface area contributed by atoms with Crippen molar-refractivity contribution in [3.63, 3.8) is 0 Å². The zero-order valence-corrected chi connectivity index (χ0v) is 11.7. The van der Waals surface area contributed by atoms with Gasteiger partial charge in [-0.05, 0) is 32.1 Å². The van der Waals surface area contributed by atoms with Crippen molar-refractivity contribution in [2.24, 2.45) is 0 Å². The fraction of sp³-hybridized carbons (Fsp3) is 0.929. The number of hydrogen-bond donors (Lipinski definition) is 2. The molecule has 2 N–H and O–H groups in total. The molecule has 2 saturated carbocycles. The zero-order valence-electron chi connectivity index (χ0n) is 11.7.